The van der Waals surface area contributed by atoms with E-state index in [-0.39, 0.29) is 21.0 Å². The topological polar surface area (TPSA) is 133 Å². The molecular formula is C21H16F2N8O2S. The summed E-state index contributed by atoms with van der Waals surface area (Å²) in [5.41, 5.74) is 7.27. The average Bonchev–Trinajstić information content (AvgIpc) is 3.49. The Morgan fingerprint density at radius 3 is 2.68 bits per heavy atom. The lowest BCUT2D eigenvalue weighted by molar-refractivity contribution is 0.100. The molecule has 0 aliphatic carbocycles. The number of nitrogens with one attached hydrogen (secondary N) is 1. The molecule has 13 heteroatoms. The first kappa shape index (κ1) is 21.6. The number of hydrogen-bond acceptors (Lipinski definition) is 7. The maximum absolute atomic E-state index is 13.7. The monoisotopic (exact) mass is 482 g/mol. The number of nitrogens with two attached hydrogens (primary N) is 1. The van der Waals surface area contributed by atoms with Crippen LogP contribution in [0.25, 0.3) is 27.0 Å². The number of hydrogen-bond donors (Lipinski definition) is 2. The smallest absolute Gasteiger partial charge is 0.280 e. The molecular weight excluding hydrogens is 466 g/mol. The molecule has 3 N–H and O–H groups in total. The van der Waals surface area contributed by atoms with Crippen molar-refractivity contribution in [1.82, 2.24) is 29.4 Å². The number of alkyl halides is 2. The second-order valence-electron chi connectivity index (χ2n) is 7.41. The summed E-state index contributed by atoms with van der Waals surface area (Å²) in [5, 5.41) is 11.3. The van der Waals surface area contributed by atoms with Crippen molar-refractivity contribution in [3.05, 3.63) is 58.7 Å². The van der Waals surface area contributed by atoms with Crippen molar-refractivity contribution >= 4 is 44.7 Å². The second kappa shape index (κ2) is 7.95. The predicted molar refractivity (Wildman–Crippen MR) is 121 cm³/mol. The molecule has 5 aromatic rings. The van der Waals surface area contributed by atoms with Crippen LogP contribution in [0.3, 0.4) is 0 Å². The summed E-state index contributed by atoms with van der Waals surface area (Å²) in [6, 6.07) is 2.90. The van der Waals surface area contributed by atoms with Gasteiger partial charge in [-0.15, -0.1) is 11.3 Å². The summed E-state index contributed by atoms with van der Waals surface area (Å²) in [5.74, 6) is -1.42. The predicted octanol–water partition coefficient (Wildman–Crippen LogP) is 3.34. The van der Waals surface area contributed by atoms with Gasteiger partial charge in [-0.3, -0.25) is 14.3 Å². The van der Waals surface area contributed by atoms with Crippen LogP contribution in [0.1, 0.15) is 37.8 Å². The molecule has 0 aliphatic heterocycles. The van der Waals surface area contributed by atoms with E-state index in [4.69, 9.17) is 5.73 Å². The molecule has 0 bridgehead atoms. The van der Waals surface area contributed by atoms with Gasteiger partial charge >= 0.3 is 0 Å². The zero-order valence-corrected chi connectivity index (χ0v) is 18.6. The van der Waals surface area contributed by atoms with Crippen LogP contribution < -0.4 is 11.1 Å². The highest BCUT2D eigenvalue weighted by atomic mass is 32.1. The van der Waals surface area contributed by atoms with E-state index in [2.05, 4.69) is 25.5 Å². The van der Waals surface area contributed by atoms with E-state index in [9.17, 15) is 18.4 Å². The third-order valence-electron chi connectivity index (χ3n) is 5.42. The van der Waals surface area contributed by atoms with E-state index in [1.807, 2.05) is 0 Å². The average molecular weight is 482 g/mol. The van der Waals surface area contributed by atoms with Gasteiger partial charge < -0.3 is 11.1 Å². The number of rotatable bonds is 5. The van der Waals surface area contributed by atoms with Crippen molar-refractivity contribution in [2.45, 2.75) is 13.3 Å². The maximum Gasteiger partial charge on any atom is 0.280 e. The van der Waals surface area contributed by atoms with Crippen LogP contribution in [0.5, 0.6) is 0 Å². The standard InChI is InChI=1S/C21H16F2N8O2S/c1-9-11(7-26-30(9)2)10-6-13(17(22)23)28-21-14(10)15(16(34-21)18(24)32)29-20(33)12-8-27-31-5-3-4-25-19(12)31/h3-8,17H,1-2H3,(H2,24,32)(H,29,33). The molecule has 0 atom stereocenters. The lowest BCUT2D eigenvalue weighted by Crippen LogP contribution is -2.17. The first-order valence-corrected chi connectivity index (χ1v) is 10.7. The van der Waals surface area contributed by atoms with Crippen molar-refractivity contribution in [1.29, 1.82) is 0 Å². The van der Waals surface area contributed by atoms with Crippen LogP contribution in [0.15, 0.2) is 36.9 Å². The van der Waals surface area contributed by atoms with E-state index in [1.165, 1.54) is 29.2 Å². The van der Waals surface area contributed by atoms with Crippen molar-refractivity contribution in [3.63, 3.8) is 0 Å². The number of fused-ring (bicyclic) bond motifs is 2. The normalized spacial score (nSPS) is 11.6. The zero-order valence-electron chi connectivity index (χ0n) is 17.8. The highest BCUT2D eigenvalue weighted by Gasteiger charge is 2.27. The van der Waals surface area contributed by atoms with Crippen LogP contribution in [-0.4, -0.2) is 41.2 Å². The van der Waals surface area contributed by atoms with Gasteiger partial charge in [0.15, 0.2) is 5.65 Å². The van der Waals surface area contributed by atoms with Gasteiger partial charge in [-0.05, 0) is 24.6 Å². The van der Waals surface area contributed by atoms with E-state index >= 15 is 0 Å². The fourth-order valence-electron chi connectivity index (χ4n) is 3.67. The van der Waals surface area contributed by atoms with Crippen LogP contribution in [0.2, 0.25) is 0 Å². The molecule has 0 aromatic carbocycles. The van der Waals surface area contributed by atoms with Crippen LogP contribution in [0.4, 0.5) is 14.5 Å². The number of halogens is 2. The van der Waals surface area contributed by atoms with Gasteiger partial charge in [0, 0.05) is 36.1 Å². The highest BCUT2D eigenvalue weighted by molar-refractivity contribution is 7.21. The molecule has 5 heterocycles. The second-order valence-corrected chi connectivity index (χ2v) is 8.41. The molecule has 0 aliphatic rings. The lowest BCUT2D eigenvalue weighted by atomic mass is 10.0. The number of carbonyl (C=O) groups excluding carboxylic acids is 2. The maximum atomic E-state index is 13.7. The minimum Gasteiger partial charge on any atom is -0.365 e. The summed E-state index contributed by atoms with van der Waals surface area (Å²) in [4.78, 5) is 33.8. The van der Waals surface area contributed by atoms with Gasteiger partial charge in [0.05, 0.1) is 18.1 Å². The molecule has 172 valence electrons. The number of anilines is 1. The van der Waals surface area contributed by atoms with Crippen molar-refractivity contribution in [2.75, 3.05) is 5.32 Å². The summed E-state index contributed by atoms with van der Waals surface area (Å²) in [6.45, 7) is 1.78. The Balaban J connectivity index is 1.75. The fraction of sp³-hybridized carbons (Fsp3) is 0.143. The van der Waals surface area contributed by atoms with Gasteiger partial charge in [0.1, 0.15) is 21.0 Å². The Morgan fingerprint density at radius 1 is 1.21 bits per heavy atom. The Hall–Kier alpha value is -4.26. The summed E-state index contributed by atoms with van der Waals surface area (Å²) in [6.07, 6.45) is 3.17. The number of carbonyl (C=O) groups is 2. The van der Waals surface area contributed by atoms with Crippen LogP contribution >= 0.6 is 11.3 Å². The van der Waals surface area contributed by atoms with Crippen molar-refractivity contribution in [2.24, 2.45) is 12.8 Å². The van der Waals surface area contributed by atoms with E-state index in [1.54, 1.807) is 30.9 Å². The number of aromatic nitrogens is 6. The molecule has 0 fully saturated rings. The SMILES string of the molecule is Cc1c(-c2cc(C(F)F)nc3sc(C(N)=O)c(NC(=O)c4cnn5cccnc45)c23)cnn1C. The molecule has 10 nitrogen and oxygen atoms in total. The first-order valence-electron chi connectivity index (χ1n) is 9.90. The van der Waals surface area contributed by atoms with Crippen molar-refractivity contribution < 1.29 is 18.4 Å². The number of amides is 2. The van der Waals surface area contributed by atoms with E-state index < -0.39 is 23.9 Å². The quantitative estimate of drug-likeness (QED) is 0.395. The van der Waals surface area contributed by atoms with Crippen molar-refractivity contribution in [3.8, 4) is 11.1 Å². The lowest BCUT2D eigenvalue weighted by Gasteiger charge is -2.10. The first-order chi connectivity index (χ1) is 16.3. The number of primary amides is 1. The van der Waals surface area contributed by atoms with Gasteiger partial charge in [-0.2, -0.15) is 10.2 Å². The van der Waals surface area contributed by atoms with Gasteiger partial charge in [-0.1, -0.05) is 0 Å². The highest BCUT2D eigenvalue weighted by Crippen LogP contribution is 2.43. The number of pyridine rings is 1. The van der Waals surface area contributed by atoms with E-state index in [0.29, 0.717) is 27.9 Å². The zero-order chi connectivity index (χ0) is 24.1. The number of thiophene rings is 1. The molecule has 0 saturated carbocycles. The third kappa shape index (κ3) is 3.37. The number of nitrogens with zero attached hydrogens (tertiary/aromatic N) is 6. The minimum atomic E-state index is -2.85. The third-order valence-corrected chi connectivity index (χ3v) is 6.52. The van der Waals surface area contributed by atoms with Gasteiger partial charge in [-0.25, -0.2) is 23.3 Å². The largest absolute Gasteiger partial charge is 0.365 e. The number of aryl methyl sites for hydroxylation is 1. The Morgan fingerprint density at radius 2 is 2.00 bits per heavy atom. The fourth-order valence-corrected chi connectivity index (χ4v) is 4.68. The minimum absolute atomic E-state index is 0.0190. The van der Waals surface area contributed by atoms with E-state index in [0.717, 1.165) is 11.3 Å². The molecule has 34 heavy (non-hydrogen) atoms. The summed E-state index contributed by atoms with van der Waals surface area (Å²) < 4.78 is 30.3. The molecule has 0 unspecified atom stereocenters. The Bertz CT molecular complexity index is 1600. The summed E-state index contributed by atoms with van der Waals surface area (Å²) >= 11 is 0.831. The Kier molecular flexibility index (Phi) is 5.05. The molecule has 2 amide bonds. The molecule has 5 aromatic heterocycles. The van der Waals surface area contributed by atoms with Crippen LogP contribution in [-0.2, 0) is 7.05 Å². The Labute approximate surface area is 194 Å². The summed E-state index contributed by atoms with van der Waals surface area (Å²) in [7, 11) is 1.72. The molecule has 0 radical (unpaired) electrons. The molecule has 0 saturated heterocycles. The molecule has 0 spiro atoms. The van der Waals surface area contributed by atoms with Gasteiger partial charge in [0.25, 0.3) is 18.2 Å². The molecule has 5 rings (SSSR count). The van der Waals surface area contributed by atoms with Crippen LogP contribution in [0, 0.1) is 6.92 Å². The van der Waals surface area contributed by atoms with Gasteiger partial charge in [0.2, 0.25) is 0 Å².